The van der Waals surface area contributed by atoms with E-state index < -0.39 is 0 Å². The van der Waals surface area contributed by atoms with Gasteiger partial charge < -0.3 is 4.90 Å². The van der Waals surface area contributed by atoms with Gasteiger partial charge in [-0.15, -0.1) is 0 Å². The minimum absolute atomic E-state index is 1.10. The molecule has 0 radical (unpaired) electrons. The third kappa shape index (κ3) is 7.03. The molecule has 0 amide bonds. The Morgan fingerprint density at radius 2 is 0.557 bits per heavy atom. The zero-order valence-corrected chi connectivity index (χ0v) is 33.6. The molecule has 0 fully saturated rings. The molecular weight excluding hydrogens is 735 g/mol. The van der Waals surface area contributed by atoms with Gasteiger partial charge in [0.1, 0.15) is 0 Å². The monoisotopic (exact) mass is 775 g/mol. The Hall–Kier alpha value is -8.00. The first kappa shape index (κ1) is 36.1. The molecule has 11 rings (SSSR count). The second-order valence-corrected chi connectivity index (χ2v) is 15.8. The van der Waals surface area contributed by atoms with Crippen LogP contribution in [0.15, 0.2) is 249 Å². The molecule has 1 nitrogen and oxygen atoms in total. The SMILES string of the molecule is c1ccc(-c2ccc(-c3ccc(N(c4ccc(-c5cccc6cccc(-c7ccccc7)c56)cc4)c4ccc5cc(-c6ccc7ccccc7c6)ccc5c4)cc3)cc2)cc1. The van der Waals surface area contributed by atoms with E-state index in [4.69, 9.17) is 0 Å². The van der Waals surface area contributed by atoms with Gasteiger partial charge in [0.15, 0.2) is 0 Å². The minimum atomic E-state index is 1.10. The van der Waals surface area contributed by atoms with Crippen molar-refractivity contribution in [1.29, 1.82) is 0 Å². The molecule has 0 aliphatic heterocycles. The van der Waals surface area contributed by atoms with E-state index >= 15 is 0 Å². The van der Waals surface area contributed by atoms with Crippen LogP contribution in [0, 0.1) is 0 Å². The third-order valence-corrected chi connectivity index (χ3v) is 12.0. The number of nitrogens with zero attached hydrogens (tertiary/aromatic N) is 1. The number of anilines is 3. The third-order valence-electron chi connectivity index (χ3n) is 12.0. The van der Waals surface area contributed by atoms with Crippen molar-refractivity contribution in [3.8, 4) is 55.6 Å². The quantitative estimate of drug-likeness (QED) is 0.149. The predicted octanol–water partition coefficient (Wildman–Crippen LogP) is 17.0. The van der Waals surface area contributed by atoms with Gasteiger partial charge in [-0.3, -0.25) is 0 Å². The van der Waals surface area contributed by atoms with E-state index in [1.807, 2.05) is 0 Å². The van der Waals surface area contributed by atoms with Crippen LogP contribution >= 0.6 is 0 Å². The molecule has 0 heterocycles. The maximum atomic E-state index is 2.38. The van der Waals surface area contributed by atoms with Crippen molar-refractivity contribution in [3.63, 3.8) is 0 Å². The number of rotatable bonds is 8. The largest absolute Gasteiger partial charge is 0.310 e. The standard InChI is InChI=1S/C60H41N/c1-3-11-42(12-4-1)44-21-23-45(24-22-44)46-29-34-55(35-30-46)61(57-38-33-53-40-52(27-28-54(53)41-57)51-26-25-43-13-7-8-16-50(43)39-51)56-36-31-48(32-37-56)59-20-10-18-49-17-9-19-58(60(49)59)47-14-5-2-6-15-47/h1-41H. The summed E-state index contributed by atoms with van der Waals surface area (Å²) >= 11 is 0. The van der Waals surface area contributed by atoms with E-state index in [0.29, 0.717) is 0 Å². The molecular formula is C60H41N. The fourth-order valence-electron chi connectivity index (χ4n) is 8.89. The maximum Gasteiger partial charge on any atom is 0.0468 e. The van der Waals surface area contributed by atoms with Crippen molar-refractivity contribution < 1.29 is 0 Å². The van der Waals surface area contributed by atoms with Crippen molar-refractivity contribution in [2.45, 2.75) is 0 Å². The summed E-state index contributed by atoms with van der Waals surface area (Å²) in [6.45, 7) is 0. The number of hydrogen-bond donors (Lipinski definition) is 0. The van der Waals surface area contributed by atoms with E-state index in [0.717, 1.165) is 17.1 Å². The Labute approximate surface area is 357 Å². The van der Waals surface area contributed by atoms with Crippen LogP contribution in [0.5, 0.6) is 0 Å². The Bertz CT molecular complexity index is 3310. The fraction of sp³-hybridized carbons (Fsp3) is 0. The molecule has 0 unspecified atom stereocenters. The van der Waals surface area contributed by atoms with E-state index in [1.165, 1.54) is 88.0 Å². The summed E-state index contributed by atoms with van der Waals surface area (Å²) in [5.41, 5.74) is 15.4. The molecule has 11 aromatic carbocycles. The molecule has 0 aromatic heterocycles. The summed E-state index contributed by atoms with van der Waals surface area (Å²) in [4.78, 5) is 2.38. The molecule has 0 bridgehead atoms. The average Bonchev–Trinajstić information content (AvgIpc) is 3.34. The molecule has 0 aliphatic rings. The van der Waals surface area contributed by atoms with Crippen LogP contribution in [0.3, 0.4) is 0 Å². The average molecular weight is 776 g/mol. The highest BCUT2D eigenvalue weighted by Crippen LogP contribution is 2.41. The van der Waals surface area contributed by atoms with Gasteiger partial charge in [-0.05, 0) is 136 Å². The van der Waals surface area contributed by atoms with Crippen LogP contribution in [0.2, 0.25) is 0 Å². The summed E-state index contributed by atoms with van der Waals surface area (Å²) in [5, 5.41) is 7.43. The zero-order chi connectivity index (χ0) is 40.5. The van der Waals surface area contributed by atoms with Gasteiger partial charge in [0.2, 0.25) is 0 Å². The number of hydrogen-bond acceptors (Lipinski definition) is 1. The lowest BCUT2D eigenvalue weighted by atomic mass is 9.91. The molecule has 0 spiro atoms. The smallest absolute Gasteiger partial charge is 0.0468 e. The van der Waals surface area contributed by atoms with Gasteiger partial charge in [-0.25, -0.2) is 0 Å². The van der Waals surface area contributed by atoms with Gasteiger partial charge in [0.25, 0.3) is 0 Å². The van der Waals surface area contributed by atoms with Crippen molar-refractivity contribution >= 4 is 49.4 Å². The van der Waals surface area contributed by atoms with Crippen LogP contribution in [0.4, 0.5) is 17.1 Å². The first-order valence-electron chi connectivity index (χ1n) is 21.0. The second-order valence-electron chi connectivity index (χ2n) is 15.8. The van der Waals surface area contributed by atoms with Gasteiger partial charge in [0.05, 0.1) is 0 Å². The zero-order valence-electron chi connectivity index (χ0n) is 33.6. The van der Waals surface area contributed by atoms with Crippen LogP contribution < -0.4 is 4.90 Å². The number of benzene rings is 11. The van der Waals surface area contributed by atoms with Crippen molar-refractivity contribution in [2.75, 3.05) is 4.90 Å². The van der Waals surface area contributed by atoms with E-state index in [-0.39, 0.29) is 0 Å². The van der Waals surface area contributed by atoms with Crippen molar-refractivity contribution in [1.82, 2.24) is 0 Å². The highest BCUT2D eigenvalue weighted by Gasteiger charge is 2.16. The molecule has 0 aliphatic carbocycles. The van der Waals surface area contributed by atoms with Crippen LogP contribution in [-0.4, -0.2) is 0 Å². The summed E-state index contributed by atoms with van der Waals surface area (Å²) in [7, 11) is 0. The summed E-state index contributed by atoms with van der Waals surface area (Å²) in [6, 6.07) is 90.4. The lowest BCUT2D eigenvalue weighted by Crippen LogP contribution is -2.09. The Morgan fingerprint density at radius 3 is 1.15 bits per heavy atom. The van der Waals surface area contributed by atoms with Gasteiger partial charge in [-0.2, -0.15) is 0 Å². The van der Waals surface area contributed by atoms with Crippen molar-refractivity contribution in [2.24, 2.45) is 0 Å². The summed E-state index contributed by atoms with van der Waals surface area (Å²) in [5.74, 6) is 0. The minimum Gasteiger partial charge on any atom is -0.310 e. The van der Waals surface area contributed by atoms with Crippen LogP contribution in [0.25, 0.3) is 88.0 Å². The van der Waals surface area contributed by atoms with Gasteiger partial charge >= 0.3 is 0 Å². The number of fused-ring (bicyclic) bond motifs is 3. The van der Waals surface area contributed by atoms with E-state index in [9.17, 15) is 0 Å². The molecule has 61 heavy (non-hydrogen) atoms. The first-order chi connectivity index (χ1) is 30.2. The summed E-state index contributed by atoms with van der Waals surface area (Å²) in [6.07, 6.45) is 0. The highest BCUT2D eigenvalue weighted by atomic mass is 15.1. The molecule has 286 valence electrons. The first-order valence-corrected chi connectivity index (χ1v) is 21.0. The molecule has 1 heteroatoms. The lowest BCUT2D eigenvalue weighted by molar-refractivity contribution is 1.29. The Balaban J connectivity index is 0.977. The molecule has 0 atom stereocenters. The lowest BCUT2D eigenvalue weighted by Gasteiger charge is -2.26. The Morgan fingerprint density at radius 1 is 0.197 bits per heavy atom. The molecule has 0 N–H and O–H groups in total. The fourth-order valence-corrected chi connectivity index (χ4v) is 8.89. The molecule has 0 saturated carbocycles. The van der Waals surface area contributed by atoms with Crippen molar-refractivity contribution in [3.05, 3.63) is 249 Å². The van der Waals surface area contributed by atoms with E-state index in [1.54, 1.807) is 0 Å². The topological polar surface area (TPSA) is 3.24 Å². The summed E-state index contributed by atoms with van der Waals surface area (Å²) < 4.78 is 0. The van der Waals surface area contributed by atoms with Crippen LogP contribution in [0.1, 0.15) is 0 Å². The normalized spacial score (nSPS) is 11.3. The van der Waals surface area contributed by atoms with Crippen LogP contribution in [-0.2, 0) is 0 Å². The Kier molecular flexibility index (Phi) is 9.26. The predicted molar refractivity (Wildman–Crippen MR) is 261 cm³/mol. The molecule has 0 saturated heterocycles. The maximum absolute atomic E-state index is 2.38. The highest BCUT2D eigenvalue weighted by molar-refractivity contribution is 6.06. The van der Waals surface area contributed by atoms with Gasteiger partial charge in [-0.1, -0.05) is 200 Å². The molecule has 11 aromatic rings. The van der Waals surface area contributed by atoms with E-state index in [2.05, 4.69) is 254 Å². The van der Waals surface area contributed by atoms with Gasteiger partial charge in [0, 0.05) is 17.1 Å². The second kappa shape index (κ2) is 15.6.